The number of nitrogens with zero attached hydrogens (tertiary/aromatic N) is 2. The van der Waals surface area contributed by atoms with E-state index in [1.165, 1.54) is 17.4 Å². The van der Waals surface area contributed by atoms with Gasteiger partial charge >= 0.3 is 0 Å². The standard InChI is InChI=1S/C33H44N6O5/c1-20(2)29(37-30(41)21(3)34-5)33(44)39-18-17-38(32(43)24-13-15-25(16-14-24)35-22(4)40)19-28(39)31(42)36-27-12-8-10-23-9-6-7-11-26(23)27/h6-7,9,11,13-16,20-21,27-29,34H,8,10,12,17-19H2,1-5H3,(H,35,40)(H,36,42)(H,37,41)/t21-,27+,28-,29-/m0/s1. The molecule has 11 nitrogen and oxygen atoms in total. The summed E-state index contributed by atoms with van der Waals surface area (Å²) in [4.78, 5) is 68.9. The molecule has 2 aromatic rings. The number of amides is 5. The molecule has 2 aliphatic rings. The third-order valence-corrected chi connectivity index (χ3v) is 8.45. The van der Waals surface area contributed by atoms with Gasteiger partial charge in [0.15, 0.2) is 0 Å². The lowest BCUT2D eigenvalue weighted by atomic mass is 9.87. The van der Waals surface area contributed by atoms with Gasteiger partial charge in [0.05, 0.1) is 18.6 Å². The molecule has 4 rings (SSSR count). The maximum atomic E-state index is 14.0. The van der Waals surface area contributed by atoms with E-state index in [-0.39, 0.29) is 61.1 Å². The Morgan fingerprint density at radius 3 is 2.30 bits per heavy atom. The molecule has 0 aromatic heterocycles. The van der Waals surface area contributed by atoms with Gasteiger partial charge in [0.2, 0.25) is 23.6 Å². The Balaban J connectivity index is 1.59. The minimum Gasteiger partial charge on any atom is -0.347 e. The number of aryl methyl sites for hydroxylation is 1. The average Bonchev–Trinajstić information content (AvgIpc) is 3.02. The topological polar surface area (TPSA) is 140 Å². The van der Waals surface area contributed by atoms with E-state index >= 15 is 0 Å². The number of anilines is 1. The second-order valence-corrected chi connectivity index (χ2v) is 11.9. The van der Waals surface area contributed by atoms with Crippen molar-refractivity contribution in [3.63, 3.8) is 0 Å². The fourth-order valence-corrected chi connectivity index (χ4v) is 5.81. The summed E-state index contributed by atoms with van der Waals surface area (Å²) in [6.07, 6.45) is 2.65. The van der Waals surface area contributed by atoms with Crippen molar-refractivity contribution in [1.29, 1.82) is 0 Å². The number of carbonyl (C=O) groups is 5. The summed E-state index contributed by atoms with van der Waals surface area (Å²) in [6.45, 7) is 7.19. The number of piperazine rings is 1. The van der Waals surface area contributed by atoms with Crippen LogP contribution >= 0.6 is 0 Å². The molecule has 236 valence electrons. The summed E-state index contributed by atoms with van der Waals surface area (Å²) < 4.78 is 0. The van der Waals surface area contributed by atoms with E-state index < -0.39 is 18.1 Å². The van der Waals surface area contributed by atoms with E-state index in [0.29, 0.717) is 11.3 Å². The highest BCUT2D eigenvalue weighted by atomic mass is 16.2. The predicted molar refractivity (Wildman–Crippen MR) is 168 cm³/mol. The Hall–Kier alpha value is -4.25. The summed E-state index contributed by atoms with van der Waals surface area (Å²) in [5.74, 6) is -1.72. The van der Waals surface area contributed by atoms with Gasteiger partial charge in [0, 0.05) is 31.3 Å². The lowest BCUT2D eigenvalue weighted by molar-refractivity contribution is -0.147. The molecule has 0 bridgehead atoms. The van der Waals surface area contributed by atoms with E-state index in [4.69, 9.17) is 0 Å². The Morgan fingerprint density at radius 2 is 1.64 bits per heavy atom. The highest BCUT2D eigenvalue weighted by Crippen LogP contribution is 2.30. The van der Waals surface area contributed by atoms with E-state index in [9.17, 15) is 24.0 Å². The summed E-state index contributed by atoms with van der Waals surface area (Å²) in [6, 6.07) is 12.1. The van der Waals surface area contributed by atoms with Crippen LogP contribution in [-0.4, -0.2) is 84.1 Å². The largest absolute Gasteiger partial charge is 0.347 e. The maximum absolute atomic E-state index is 14.0. The fourth-order valence-electron chi connectivity index (χ4n) is 5.81. The Bertz CT molecular complexity index is 1380. The Morgan fingerprint density at radius 1 is 0.932 bits per heavy atom. The summed E-state index contributed by atoms with van der Waals surface area (Å²) in [5.41, 5.74) is 3.25. The van der Waals surface area contributed by atoms with Crippen LogP contribution in [-0.2, 0) is 25.6 Å². The van der Waals surface area contributed by atoms with Crippen LogP contribution in [0.3, 0.4) is 0 Å². The van der Waals surface area contributed by atoms with Gasteiger partial charge in [-0.3, -0.25) is 24.0 Å². The molecule has 5 amide bonds. The van der Waals surface area contributed by atoms with Crippen LogP contribution in [0.5, 0.6) is 0 Å². The quantitative estimate of drug-likeness (QED) is 0.346. The van der Waals surface area contributed by atoms with Gasteiger partial charge in [-0.05, 0) is 74.5 Å². The molecule has 44 heavy (non-hydrogen) atoms. The monoisotopic (exact) mass is 604 g/mol. The third-order valence-electron chi connectivity index (χ3n) is 8.45. The van der Waals surface area contributed by atoms with Crippen LogP contribution in [0.2, 0.25) is 0 Å². The van der Waals surface area contributed by atoms with Gasteiger partial charge in [-0.2, -0.15) is 0 Å². The fraction of sp³-hybridized carbons (Fsp3) is 0.485. The molecule has 4 atom stereocenters. The normalized spacial score (nSPS) is 19.4. The molecule has 1 fully saturated rings. The van der Waals surface area contributed by atoms with Gasteiger partial charge in [-0.15, -0.1) is 0 Å². The first-order valence-corrected chi connectivity index (χ1v) is 15.3. The van der Waals surface area contributed by atoms with Crippen molar-refractivity contribution in [2.24, 2.45) is 5.92 Å². The molecule has 1 aliphatic carbocycles. The van der Waals surface area contributed by atoms with Crippen molar-refractivity contribution in [3.8, 4) is 0 Å². The molecule has 0 radical (unpaired) electrons. The third kappa shape index (κ3) is 7.63. The van der Waals surface area contributed by atoms with Crippen molar-refractivity contribution in [2.45, 2.75) is 71.1 Å². The molecule has 1 heterocycles. The van der Waals surface area contributed by atoms with Crippen LogP contribution in [0, 0.1) is 5.92 Å². The predicted octanol–water partition coefficient (Wildman–Crippen LogP) is 2.24. The van der Waals surface area contributed by atoms with Crippen molar-refractivity contribution >= 4 is 35.2 Å². The van der Waals surface area contributed by atoms with E-state index in [0.717, 1.165) is 24.8 Å². The first-order chi connectivity index (χ1) is 21.0. The Kier molecular flexibility index (Phi) is 10.7. The number of benzene rings is 2. The van der Waals surface area contributed by atoms with Crippen molar-refractivity contribution < 1.29 is 24.0 Å². The molecule has 4 N–H and O–H groups in total. The number of hydrogen-bond donors (Lipinski definition) is 4. The number of hydrogen-bond acceptors (Lipinski definition) is 6. The van der Waals surface area contributed by atoms with Crippen LogP contribution < -0.4 is 21.3 Å². The summed E-state index contributed by atoms with van der Waals surface area (Å²) in [5, 5.41) is 11.6. The van der Waals surface area contributed by atoms with Crippen LogP contribution in [0.15, 0.2) is 48.5 Å². The highest BCUT2D eigenvalue weighted by molar-refractivity contribution is 5.97. The zero-order chi connectivity index (χ0) is 32.0. The van der Waals surface area contributed by atoms with Gasteiger partial charge in [0.1, 0.15) is 12.1 Å². The Labute approximate surface area is 259 Å². The molecule has 1 aliphatic heterocycles. The first-order valence-electron chi connectivity index (χ1n) is 15.3. The molecule has 0 unspecified atom stereocenters. The van der Waals surface area contributed by atoms with Crippen LogP contribution in [0.25, 0.3) is 0 Å². The summed E-state index contributed by atoms with van der Waals surface area (Å²) in [7, 11) is 1.67. The smallest absolute Gasteiger partial charge is 0.254 e. The molecule has 11 heteroatoms. The number of fused-ring (bicyclic) bond motifs is 1. The first kappa shape index (κ1) is 32.7. The number of nitrogens with one attached hydrogen (secondary N) is 4. The van der Waals surface area contributed by atoms with E-state index in [1.54, 1.807) is 43.1 Å². The highest BCUT2D eigenvalue weighted by Gasteiger charge is 2.41. The van der Waals surface area contributed by atoms with Gasteiger partial charge in [-0.25, -0.2) is 0 Å². The maximum Gasteiger partial charge on any atom is 0.254 e. The van der Waals surface area contributed by atoms with Crippen LogP contribution in [0.4, 0.5) is 5.69 Å². The van der Waals surface area contributed by atoms with Gasteiger partial charge in [0.25, 0.3) is 5.91 Å². The second kappa shape index (κ2) is 14.5. The molecular weight excluding hydrogens is 560 g/mol. The van der Waals surface area contributed by atoms with Gasteiger partial charge in [-0.1, -0.05) is 38.1 Å². The van der Waals surface area contributed by atoms with Gasteiger partial charge < -0.3 is 31.1 Å². The minimum absolute atomic E-state index is 0.00387. The van der Waals surface area contributed by atoms with Crippen molar-refractivity contribution in [3.05, 3.63) is 65.2 Å². The molecular formula is C33H44N6O5. The molecule has 1 saturated heterocycles. The lowest BCUT2D eigenvalue weighted by Gasteiger charge is -2.43. The zero-order valence-corrected chi connectivity index (χ0v) is 26.2. The number of likely N-dealkylation sites (N-methyl/N-ethyl adjacent to an activating group) is 1. The minimum atomic E-state index is -0.951. The SMILES string of the molecule is CN[C@@H](C)C(=O)N[C@H](C(=O)N1CCN(C(=O)c2ccc(NC(C)=O)cc2)C[C@H]1C(=O)N[C@@H]1CCCc2ccccc21)C(C)C. The molecule has 0 saturated carbocycles. The second-order valence-electron chi connectivity index (χ2n) is 11.9. The van der Waals surface area contributed by atoms with E-state index in [2.05, 4.69) is 27.3 Å². The van der Waals surface area contributed by atoms with Crippen molar-refractivity contribution in [1.82, 2.24) is 25.8 Å². The van der Waals surface area contributed by atoms with Crippen molar-refractivity contribution in [2.75, 3.05) is 32.0 Å². The number of carbonyl (C=O) groups excluding carboxylic acids is 5. The molecule has 2 aromatic carbocycles. The van der Waals surface area contributed by atoms with Crippen LogP contribution in [0.1, 0.15) is 68.1 Å². The zero-order valence-electron chi connectivity index (χ0n) is 26.2. The average molecular weight is 605 g/mol. The lowest BCUT2D eigenvalue weighted by Crippen LogP contribution is -2.65. The number of rotatable bonds is 9. The van der Waals surface area contributed by atoms with E-state index in [1.807, 2.05) is 32.0 Å². The summed E-state index contributed by atoms with van der Waals surface area (Å²) >= 11 is 0. The molecule has 0 spiro atoms.